The zero-order valence-corrected chi connectivity index (χ0v) is 17.7. The number of nitrogens with zero attached hydrogens (tertiary/aromatic N) is 3. The molecular formula is C24H23ClN4O. The quantitative estimate of drug-likeness (QED) is 0.803. The normalized spacial score (nSPS) is 21.7. The van der Waals surface area contributed by atoms with Gasteiger partial charge < -0.3 is 5.73 Å². The highest BCUT2D eigenvalue weighted by molar-refractivity contribution is 6.30. The monoisotopic (exact) mass is 418 g/mol. The second kappa shape index (κ2) is 7.98. The van der Waals surface area contributed by atoms with Crippen molar-refractivity contribution in [1.82, 2.24) is 10.0 Å². The van der Waals surface area contributed by atoms with Crippen molar-refractivity contribution in [2.45, 2.75) is 24.7 Å². The number of carbonyl (C=O) groups excluding carboxylic acids is 1. The fourth-order valence-electron chi connectivity index (χ4n) is 4.55. The minimum Gasteiger partial charge on any atom is -0.383 e. The molecule has 2 atom stereocenters. The molecule has 2 aliphatic rings. The van der Waals surface area contributed by atoms with E-state index in [4.69, 9.17) is 17.3 Å². The Kier molecular flexibility index (Phi) is 5.38. The number of halogens is 1. The lowest BCUT2D eigenvalue weighted by molar-refractivity contribution is -0.117. The third-order valence-electron chi connectivity index (χ3n) is 5.79. The number of hydrogen-bond acceptors (Lipinski definition) is 5. The van der Waals surface area contributed by atoms with Crippen LogP contribution in [0.2, 0.25) is 5.02 Å². The highest BCUT2D eigenvalue weighted by Gasteiger charge is 2.43. The first-order chi connectivity index (χ1) is 14.4. The predicted molar refractivity (Wildman–Crippen MR) is 117 cm³/mol. The van der Waals surface area contributed by atoms with E-state index in [0.717, 1.165) is 16.8 Å². The molecule has 2 aromatic carbocycles. The number of carbonyl (C=O) groups is 1. The molecule has 5 nitrogen and oxygen atoms in total. The van der Waals surface area contributed by atoms with Crippen LogP contribution < -0.4 is 5.73 Å². The molecule has 1 aliphatic heterocycles. The number of benzene rings is 2. The molecule has 4 rings (SSSR count). The summed E-state index contributed by atoms with van der Waals surface area (Å²) in [6.07, 6.45) is 1.07. The van der Waals surface area contributed by atoms with Gasteiger partial charge in [0.05, 0.1) is 17.6 Å². The maximum atomic E-state index is 13.5. The molecule has 152 valence electrons. The lowest BCUT2D eigenvalue weighted by Gasteiger charge is -2.43. The third-order valence-corrected chi connectivity index (χ3v) is 6.03. The van der Waals surface area contributed by atoms with Crippen LogP contribution in [0.3, 0.4) is 0 Å². The van der Waals surface area contributed by atoms with E-state index in [2.05, 4.69) is 18.2 Å². The van der Waals surface area contributed by atoms with Crippen LogP contribution in [0.4, 0.5) is 0 Å². The van der Waals surface area contributed by atoms with Crippen molar-refractivity contribution in [3.8, 4) is 6.07 Å². The van der Waals surface area contributed by atoms with E-state index < -0.39 is 5.92 Å². The number of nitriles is 1. The molecule has 2 unspecified atom stereocenters. The summed E-state index contributed by atoms with van der Waals surface area (Å²) in [5, 5.41) is 14.2. The summed E-state index contributed by atoms with van der Waals surface area (Å²) in [5.41, 5.74) is 10.3. The highest BCUT2D eigenvalue weighted by Crippen LogP contribution is 2.48. The highest BCUT2D eigenvalue weighted by atomic mass is 35.5. The summed E-state index contributed by atoms with van der Waals surface area (Å²) >= 11 is 6.24. The number of rotatable bonds is 3. The van der Waals surface area contributed by atoms with Crippen molar-refractivity contribution in [3.05, 3.63) is 93.4 Å². The van der Waals surface area contributed by atoms with E-state index in [9.17, 15) is 10.1 Å². The van der Waals surface area contributed by atoms with Gasteiger partial charge >= 0.3 is 0 Å². The Labute approximate surface area is 181 Å². The van der Waals surface area contributed by atoms with E-state index >= 15 is 0 Å². The minimum absolute atomic E-state index is 0.0437. The number of ketones is 1. The minimum atomic E-state index is -0.510. The number of allylic oxidation sites excluding steroid dienone is 3. The van der Waals surface area contributed by atoms with Crippen molar-refractivity contribution in [2.24, 2.45) is 5.73 Å². The molecule has 0 bridgehead atoms. The fraction of sp³-hybridized carbons (Fsp3) is 0.250. The average Bonchev–Trinajstić information content (AvgIpc) is 2.73. The van der Waals surface area contributed by atoms with Gasteiger partial charge in [0.15, 0.2) is 5.78 Å². The lowest BCUT2D eigenvalue weighted by atomic mass is 9.72. The van der Waals surface area contributed by atoms with Gasteiger partial charge in [-0.2, -0.15) is 5.26 Å². The summed E-state index contributed by atoms with van der Waals surface area (Å²) in [6, 6.07) is 19.6. The molecule has 0 spiro atoms. The van der Waals surface area contributed by atoms with Gasteiger partial charge in [-0.1, -0.05) is 54.1 Å². The van der Waals surface area contributed by atoms with Crippen molar-refractivity contribution < 1.29 is 4.79 Å². The summed E-state index contributed by atoms with van der Waals surface area (Å²) in [6.45, 7) is 0. The molecule has 1 aliphatic carbocycles. The molecule has 0 saturated heterocycles. The van der Waals surface area contributed by atoms with Gasteiger partial charge in [0.2, 0.25) is 0 Å². The number of hydrogen-bond donors (Lipinski definition) is 1. The smallest absolute Gasteiger partial charge is 0.162 e. The molecule has 0 saturated carbocycles. The molecule has 0 fully saturated rings. The van der Waals surface area contributed by atoms with Crippen LogP contribution in [0.15, 0.2) is 77.3 Å². The van der Waals surface area contributed by atoms with Crippen molar-refractivity contribution >= 4 is 17.4 Å². The molecular weight excluding hydrogens is 396 g/mol. The summed E-state index contributed by atoms with van der Waals surface area (Å²) in [5.74, 6) is -0.0459. The lowest BCUT2D eigenvalue weighted by Crippen LogP contribution is -2.46. The Bertz CT molecular complexity index is 1100. The number of Topliss-reactive ketones (excluding diaryl/α,β-unsaturated/α-hetero) is 1. The van der Waals surface area contributed by atoms with Crippen molar-refractivity contribution in [3.63, 3.8) is 0 Å². The second-order valence-corrected chi connectivity index (χ2v) is 8.29. The average molecular weight is 419 g/mol. The Hall–Kier alpha value is -3.07. The first-order valence-corrected chi connectivity index (χ1v) is 10.2. The molecule has 0 aromatic heterocycles. The number of hydrazine groups is 1. The standard InChI is InChI=1S/C24H23ClN4O/c1-28(2)29-20-12-17(15-7-4-3-5-8-15)13-21(30)23(20)22(19(14-26)24(29)27)16-9-6-10-18(25)11-16/h3-11,17,22H,12-13,27H2,1-2H3. The van der Waals surface area contributed by atoms with E-state index in [0.29, 0.717) is 34.8 Å². The Morgan fingerprint density at radius 2 is 1.80 bits per heavy atom. The maximum Gasteiger partial charge on any atom is 0.162 e. The largest absolute Gasteiger partial charge is 0.383 e. The van der Waals surface area contributed by atoms with Crippen LogP contribution in [0.5, 0.6) is 0 Å². The van der Waals surface area contributed by atoms with Gasteiger partial charge in [-0.3, -0.25) is 9.80 Å². The predicted octanol–water partition coefficient (Wildman–Crippen LogP) is 4.31. The first-order valence-electron chi connectivity index (χ1n) is 9.86. The van der Waals surface area contributed by atoms with E-state index in [1.807, 2.05) is 60.5 Å². The van der Waals surface area contributed by atoms with Crippen LogP contribution >= 0.6 is 11.6 Å². The Morgan fingerprint density at radius 3 is 2.43 bits per heavy atom. The van der Waals surface area contributed by atoms with Crippen molar-refractivity contribution in [1.29, 1.82) is 5.26 Å². The van der Waals surface area contributed by atoms with Gasteiger partial charge in [0, 0.05) is 36.8 Å². The van der Waals surface area contributed by atoms with Crippen molar-refractivity contribution in [2.75, 3.05) is 14.1 Å². The molecule has 6 heteroatoms. The third kappa shape index (κ3) is 3.39. The molecule has 2 aromatic rings. The van der Waals surface area contributed by atoms with Gasteiger partial charge in [0.25, 0.3) is 0 Å². The first kappa shape index (κ1) is 20.2. The molecule has 1 heterocycles. The Morgan fingerprint density at radius 1 is 1.10 bits per heavy atom. The van der Waals surface area contributed by atoms with E-state index in [1.54, 1.807) is 6.07 Å². The summed E-state index contributed by atoms with van der Waals surface area (Å²) in [4.78, 5) is 13.5. The fourth-order valence-corrected chi connectivity index (χ4v) is 4.75. The van der Waals surface area contributed by atoms with Gasteiger partial charge in [-0.05, 0) is 35.6 Å². The zero-order chi connectivity index (χ0) is 21.4. The van der Waals surface area contributed by atoms with Gasteiger partial charge in [-0.25, -0.2) is 5.01 Å². The topological polar surface area (TPSA) is 73.4 Å². The van der Waals surface area contributed by atoms with Crippen LogP contribution in [0.1, 0.15) is 35.8 Å². The molecule has 0 amide bonds. The maximum absolute atomic E-state index is 13.5. The zero-order valence-electron chi connectivity index (χ0n) is 17.0. The van der Waals surface area contributed by atoms with Gasteiger partial charge in [-0.15, -0.1) is 0 Å². The van der Waals surface area contributed by atoms with Crippen LogP contribution in [0.25, 0.3) is 0 Å². The Balaban J connectivity index is 1.90. The van der Waals surface area contributed by atoms with Crippen LogP contribution in [-0.4, -0.2) is 29.9 Å². The van der Waals surface area contributed by atoms with Crippen LogP contribution in [0, 0.1) is 11.3 Å². The summed E-state index contributed by atoms with van der Waals surface area (Å²) < 4.78 is 0. The molecule has 30 heavy (non-hydrogen) atoms. The SMILES string of the molecule is CN(C)N1C(N)=C(C#N)C(c2cccc(Cl)c2)C2=C1CC(c1ccccc1)CC2=O. The summed E-state index contributed by atoms with van der Waals surface area (Å²) in [7, 11) is 3.73. The second-order valence-electron chi connectivity index (χ2n) is 7.86. The molecule has 0 radical (unpaired) electrons. The molecule has 2 N–H and O–H groups in total. The number of nitrogens with two attached hydrogens (primary N) is 1. The van der Waals surface area contributed by atoms with E-state index in [-0.39, 0.29) is 11.7 Å². The van der Waals surface area contributed by atoms with E-state index in [1.165, 1.54) is 0 Å². The van der Waals surface area contributed by atoms with Gasteiger partial charge in [0.1, 0.15) is 5.82 Å². The van der Waals surface area contributed by atoms with Crippen LogP contribution in [-0.2, 0) is 4.79 Å².